The van der Waals surface area contributed by atoms with Gasteiger partial charge in [-0.3, -0.25) is 11.7 Å². The van der Waals surface area contributed by atoms with Crippen molar-refractivity contribution in [2.45, 2.75) is 0 Å². The molecule has 12 nitrogen and oxygen atoms in total. The average Bonchev–Trinajstić information content (AvgIpc) is 1.93. The van der Waals surface area contributed by atoms with E-state index in [9.17, 15) is 0 Å². The van der Waals surface area contributed by atoms with E-state index < -0.39 is 10.2 Å². The van der Waals surface area contributed by atoms with Gasteiger partial charge in [-0.05, 0) is 0 Å². The Labute approximate surface area is 82.1 Å². The number of rotatable bonds is 0. The van der Waals surface area contributed by atoms with Gasteiger partial charge >= 0.3 is 0 Å². The van der Waals surface area contributed by atoms with Crippen LogP contribution in [0, 0.1) is 30.6 Å². The van der Waals surface area contributed by atoms with Gasteiger partial charge in [0.2, 0.25) is 0 Å². The van der Waals surface area contributed by atoms with Gasteiger partial charge in [0.25, 0.3) is 0 Å². The molecule has 10 N–H and O–H groups in total. The molecule has 0 spiro atoms. The molecule has 0 fully saturated rings. The van der Waals surface area contributed by atoms with Gasteiger partial charge in [-0.1, -0.05) is 0 Å². The van der Waals surface area contributed by atoms with Crippen LogP contribution in [0.2, 0.25) is 0 Å². The Kier molecular flexibility index (Phi) is 104. The van der Waals surface area contributed by atoms with Crippen LogP contribution < -0.4 is 23.4 Å². The molecule has 0 rings (SSSR count). The van der Waals surface area contributed by atoms with Crippen LogP contribution in [0.25, 0.3) is 0 Å². The van der Waals surface area contributed by atoms with Crippen LogP contribution >= 0.6 is 0 Å². The molecule has 87 valence electrons. The van der Waals surface area contributed by atoms with Gasteiger partial charge in [0.1, 0.15) is 0 Å². The first-order chi connectivity index (χ1) is 5.46. The summed E-state index contributed by atoms with van der Waals surface area (Å²) in [5, 5.41) is 29.5. The predicted octanol–water partition coefficient (Wildman–Crippen LogP) is -4.28. The molecule has 0 amide bonds. The van der Waals surface area contributed by atoms with E-state index in [1.807, 2.05) is 0 Å². The molecule has 0 aliphatic heterocycles. The summed E-state index contributed by atoms with van der Waals surface area (Å²) in [6.45, 7) is 0. The zero-order valence-corrected chi connectivity index (χ0v) is 7.16. The first kappa shape index (κ1) is 29.8. The molecule has 0 aromatic heterocycles. The Balaban J connectivity index is -0.0000000226. The average molecular weight is 254 g/mol. The SMILES string of the molecule is N[NH3+].N[NH3+].O=[N+]([O-])[O-].O=[N+]([O-])[O-].[Cu]. The van der Waals surface area contributed by atoms with Crippen molar-refractivity contribution < 1.29 is 38.9 Å². The molecule has 0 saturated carbocycles. The van der Waals surface area contributed by atoms with Crippen molar-refractivity contribution in [1.82, 2.24) is 0 Å². The molecule has 0 aromatic carbocycles. The second-order valence-corrected chi connectivity index (χ2v) is 0.447. The third kappa shape index (κ3) is 536. The largest absolute Gasteiger partial charge is 0.356 e. The number of quaternary nitrogens is 2. The van der Waals surface area contributed by atoms with Crippen molar-refractivity contribution in [3.63, 3.8) is 0 Å². The summed E-state index contributed by atoms with van der Waals surface area (Å²) in [5.41, 5.74) is 0. The topological polar surface area (TPSA) is 240 Å². The summed E-state index contributed by atoms with van der Waals surface area (Å²) in [7, 11) is 0. The van der Waals surface area contributed by atoms with Crippen LogP contribution in [0.3, 0.4) is 0 Å². The van der Waals surface area contributed by atoms with E-state index >= 15 is 0 Å². The molecule has 0 aliphatic rings. The van der Waals surface area contributed by atoms with Crippen LogP contribution in [-0.4, -0.2) is 10.2 Å². The molecule has 0 aromatic rings. The molecule has 0 unspecified atom stereocenters. The van der Waals surface area contributed by atoms with Crippen molar-refractivity contribution in [2.75, 3.05) is 0 Å². The zero-order valence-electron chi connectivity index (χ0n) is 6.21. The van der Waals surface area contributed by atoms with Crippen molar-refractivity contribution in [3.8, 4) is 0 Å². The Hall–Kier alpha value is -1.24. The first-order valence-electron chi connectivity index (χ1n) is 1.91. The monoisotopic (exact) mass is 253 g/mol. The maximum absolute atomic E-state index is 8.25. The van der Waals surface area contributed by atoms with Crippen LogP contribution in [-0.2, 0) is 17.1 Å². The van der Waals surface area contributed by atoms with E-state index in [1.165, 1.54) is 0 Å². The first-order valence-corrected chi connectivity index (χ1v) is 1.91. The smallest absolute Gasteiger partial charge is 0.0689 e. The number of hydrogen-bond acceptors (Lipinski definition) is 8. The molecule has 13 heteroatoms. The van der Waals surface area contributed by atoms with E-state index in [2.05, 4.69) is 23.4 Å². The normalized spacial score (nSPS) is 4.62. The number of nitrogens with zero attached hydrogens (tertiary/aromatic N) is 2. The number of nitrogens with two attached hydrogens (primary N) is 2. The van der Waals surface area contributed by atoms with Gasteiger partial charge < -0.3 is 30.6 Å². The van der Waals surface area contributed by atoms with Gasteiger partial charge in [0.15, 0.2) is 0 Å². The van der Waals surface area contributed by atoms with Gasteiger partial charge in [0.05, 0.1) is 10.2 Å². The summed E-state index contributed by atoms with van der Waals surface area (Å²) < 4.78 is 0. The minimum atomic E-state index is -1.75. The molecular formula is H10CuN6O6. The third-order valence-electron chi connectivity index (χ3n) is 0. The van der Waals surface area contributed by atoms with E-state index in [0.29, 0.717) is 0 Å². The summed E-state index contributed by atoms with van der Waals surface area (Å²) in [4.78, 5) is 16.5. The second kappa shape index (κ2) is 45.2. The molecule has 0 aliphatic carbocycles. The maximum atomic E-state index is 8.25. The summed E-state index contributed by atoms with van der Waals surface area (Å²) in [6.07, 6.45) is 0. The van der Waals surface area contributed by atoms with Crippen LogP contribution in [0.5, 0.6) is 0 Å². The van der Waals surface area contributed by atoms with Gasteiger partial charge in [0, 0.05) is 17.1 Å². The fourth-order valence-electron chi connectivity index (χ4n) is 0. The Morgan fingerprint density at radius 1 is 0.769 bits per heavy atom. The van der Waals surface area contributed by atoms with Crippen LogP contribution in [0.15, 0.2) is 0 Å². The second-order valence-electron chi connectivity index (χ2n) is 0.447. The summed E-state index contributed by atoms with van der Waals surface area (Å²) >= 11 is 0. The van der Waals surface area contributed by atoms with Gasteiger partial charge in [-0.2, -0.15) is 11.7 Å². The standard InChI is InChI=1S/Cu.2H4N2.2NO3/c;2*1-2;2*2-1(3)4/h;2*1-2H2;;/q;;;2*-1/p+2. The third-order valence-corrected chi connectivity index (χ3v) is 0. The zero-order chi connectivity index (χ0) is 11.2. The Bertz CT molecular complexity index is 75.1. The van der Waals surface area contributed by atoms with Crippen LogP contribution in [0.1, 0.15) is 0 Å². The van der Waals surface area contributed by atoms with Gasteiger partial charge in [-0.25, -0.2) is 0 Å². The Morgan fingerprint density at radius 3 is 0.769 bits per heavy atom. The van der Waals surface area contributed by atoms with Gasteiger partial charge in [-0.15, -0.1) is 0 Å². The van der Waals surface area contributed by atoms with Crippen molar-refractivity contribution >= 4 is 0 Å². The summed E-state index contributed by atoms with van der Waals surface area (Å²) in [6, 6.07) is 0. The molecule has 13 heavy (non-hydrogen) atoms. The fourth-order valence-corrected chi connectivity index (χ4v) is 0. The minimum absolute atomic E-state index is 0. The molecule has 0 heterocycles. The quantitative estimate of drug-likeness (QED) is 0.142. The molecule has 0 bridgehead atoms. The predicted molar refractivity (Wildman–Crippen MR) is 34.9 cm³/mol. The number of hydrogen-bond donors (Lipinski definition) is 4. The van der Waals surface area contributed by atoms with E-state index in [-0.39, 0.29) is 17.1 Å². The van der Waals surface area contributed by atoms with E-state index in [4.69, 9.17) is 30.6 Å². The minimum Gasteiger partial charge on any atom is -0.356 e. The summed E-state index contributed by atoms with van der Waals surface area (Å²) in [5.74, 6) is 14.0. The van der Waals surface area contributed by atoms with Crippen molar-refractivity contribution in [3.05, 3.63) is 30.6 Å². The van der Waals surface area contributed by atoms with Crippen molar-refractivity contribution in [1.29, 1.82) is 0 Å². The molecule has 1 radical (unpaired) electrons. The fraction of sp³-hybridized carbons (Fsp3) is 0. The van der Waals surface area contributed by atoms with Crippen LogP contribution in [0.4, 0.5) is 0 Å². The molecular weight excluding hydrogens is 244 g/mol. The Morgan fingerprint density at radius 2 is 0.769 bits per heavy atom. The van der Waals surface area contributed by atoms with E-state index in [0.717, 1.165) is 0 Å². The molecule has 0 atom stereocenters. The van der Waals surface area contributed by atoms with Crippen molar-refractivity contribution in [2.24, 2.45) is 11.7 Å². The van der Waals surface area contributed by atoms with E-state index in [1.54, 1.807) is 0 Å². The maximum Gasteiger partial charge on any atom is 0.0689 e. The molecule has 0 saturated heterocycles.